The van der Waals surface area contributed by atoms with Crippen molar-refractivity contribution in [1.29, 1.82) is 0 Å². The molecule has 1 saturated carbocycles. The van der Waals surface area contributed by atoms with E-state index >= 15 is 0 Å². The molecule has 3 nitrogen and oxygen atoms in total. The third kappa shape index (κ3) is 3.36. The van der Waals surface area contributed by atoms with Gasteiger partial charge in [0, 0.05) is 25.0 Å². The molecule has 0 aromatic rings. The van der Waals surface area contributed by atoms with Gasteiger partial charge in [-0.3, -0.25) is 4.79 Å². The molecule has 0 N–H and O–H groups in total. The molecule has 1 amide bonds. The van der Waals surface area contributed by atoms with Gasteiger partial charge >= 0.3 is 0 Å². The van der Waals surface area contributed by atoms with Crippen molar-refractivity contribution in [2.24, 2.45) is 5.92 Å². The van der Waals surface area contributed by atoms with Gasteiger partial charge in [-0.2, -0.15) is 0 Å². The number of hydrogen-bond donors (Lipinski definition) is 0. The van der Waals surface area contributed by atoms with Crippen molar-refractivity contribution in [3.8, 4) is 0 Å². The largest absolute Gasteiger partial charge is 0.339 e. The van der Waals surface area contributed by atoms with Crippen LogP contribution >= 0.6 is 0 Å². The van der Waals surface area contributed by atoms with Crippen LogP contribution in [0, 0.1) is 5.92 Å². The summed E-state index contributed by atoms with van der Waals surface area (Å²) in [5.74, 6) is 0.857. The minimum atomic E-state index is 0.363. The van der Waals surface area contributed by atoms with Crippen molar-refractivity contribution in [1.82, 2.24) is 9.80 Å². The lowest BCUT2D eigenvalue weighted by Gasteiger charge is -2.38. The number of nitrogens with zero attached hydrogens (tertiary/aromatic N) is 2. The maximum absolute atomic E-state index is 12.7. The highest BCUT2D eigenvalue weighted by Crippen LogP contribution is 2.30. The Labute approximate surface area is 123 Å². The second-order valence-corrected chi connectivity index (χ2v) is 7.00. The molecule has 1 atom stereocenters. The second kappa shape index (κ2) is 6.93. The normalized spacial score (nSPS) is 29.2. The van der Waals surface area contributed by atoms with E-state index in [0.29, 0.717) is 17.9 Å². The average Bonchev–Trinajstić information content (AvgIpc) is 3.18. The van der Waals surface area contributed by atoms with Crippen LogP contribution in [0.2, 0.25) is 0 Å². The van der Waals surface area contributed by atoms with Crippen molar-refractivity contribution in [2.45, 2.75) is 70.3 Å². The molecule has 2 aliphatic heterocycles. The molecule has 3 rings (SSSR count). The van der Waals surface area contributed by atoms with E-state index in [2.05, 4.69) is 9.80 Å². The van der Waals surface area contributed by atoms with Crippen molar-refractivity contribution in [2.75, 3.05) is 26.2 Å². The molecule has 0 radical (unpaired) electrons. The van der Waals surface area contributed by atoms with Crippen LogP contribution < -0.4 is 0 Å². The van der Waals surface area contributed by atoms with Crippen LogP contribution in [0.1, 0.15) is 64.2 Å². The third-order valence-electron chi connectivity index (χ3n) is 5.59. The fourth-order valence-corrected chi connectivity index (χ4v) is 4.34. The smallest absolute Gasteiger partial charge is 0.225 e. The Morgan fingerprint density at radius 3 is 2.25 bits per heavy atom. The molecule has 0 aromatic carbocycles. The van der Waals surface area contributed by atoms with E-state index < -0.39 is 0 Å². The maximum Gasteiger partial charge on any atom is 0.225 e. The third-order valence-corrected chi connectivity index (χ3v) is 5.59. The van der Waals surface area contributed by atoms with E-state index in [1.54, 1.807) is 0 Å². The van der Waals surface area contributed by atoms with Crippen molar-refractivity contribution < 1.29 is 4.79 Å². The fourth-order valence-electron chi connectivity index (χ4n) is 4.34. The number of carbonyl (C=O) groups excluding carboxylic acids is 1. The summed E-state index contributed by atoms with van der Waals surface area (Å²) in [6, 6.07) is 0.539. The van der Waals surface area contributed by atoms with Gasteiger partial charge in [0.1, 0.15) is 0 Å². The van der Waals surface area contributed by atoms with Crippen molar-refractivity contribution >= 4 is 5.91 Å². The standard InChI is InChI=1S/C17H30N2O/c20-17(15-7-1-2-8-15)19-13-4-3-9-16(19)10-14-18-11-5-6-12-18/h15-16H,1-14H2/t16-/m0/s1. The van der Waals surface area contributed by atoms with E-state index in [4.69, 9.17) is 0 Å². The molecule has 0 spiro atoms. The molecule has 3 heteroatoms. The van der Waals surface area contributed by atoms with E-state index in [1.807, 2.05) is 0 Å². The van der Waals surface area contributed by atoms with Gasteiger partial charge in [0.15, 0.2) is 0 Å². The van der Waals surface area contributed by atoms with Crippen molar-refractivity contribution in [3.05, 3.63) is 0 Å². The zero-order valence-electron chi connectivity index (χ0n) is 12.9. The molecular weight excluding hydrogens is 248 g/mol. The highest BCUT2D eigenvalue weighted by atomic mass is 16.2. The summed E-state index contributed by atoms with van der Waals surface area (Å²) >= 11 is 0. The van der Waals surface area contributed by atoms with E-state index in [0.717, 1.165) is 19.4 Å². The van der Waals surface area contributed by atoms with Crippen molar-refractivity contribution in [3.63, 3.8) is 0 Å². The minimum Gasteiger partial charge on any atom is -0.339 e. The number of amides is 1. The fraction of sp³-hybridized carbons (Fsp3) is 0.941. The highest BCUT2D eigenvalue weighted by molar-refractivity contribution is 5.79. The molecule has 3 fully saturated rings. The molecule has 0 bridgehead atoms. The van der Waals surface area contributed by atoms with Gasteiger partial charge in [-0.05, 0) is 64.5 Å². The van der Waals surface area contributed by atoms with E-state index in [1.165, 1.54) is 71.0 Å². The summed E-state index contributed by atoms with van der Waals surface area (Å²) in [5.41, 5.74) is 0. The van der Waals surface area contributed by atoms with Gasteiger partial charge in [0.05, 0.1) is 0 Å². The minimum absolute atomic E-state index is 0.363. The van der Waals surface area contributed by atoms with Gasteiger partial charge in [0.2, 0.25) is 5.91 Å². The van der Waals surface area contributed by atoms with Crippen LogP contribution in [-0.4, -0.2) is 47.9 Å². The zero-order chi connectivity index (χ0) is 13.8. The van der Waals surface area contributed by atoms with Crippen LogP contribution in [0.25, 0.3) is 0 Å². The predicted octanol–water partition coefficient (Wildman–Crippen LogP) is 3.04. The van der Waals surface area contributed by atoms with Crippen LogP contribution in [0.3, 0.4) is 0 Å². The Hall–Kier alpha value is -0.570. The van der Waals surface area contributed by atoms with Crippen LogP contribution in [0.5, 0.6) is 0 Å². The summed E-state index contributed by atoms with van der Waals surface area (Å²) in [5, 5.41) is 0. The number of rotatable bonds is 4. The summed E-state index contributed by atoms with van der Waals surface area (Å²) in [7, 11) is 0. The quantitative estimate of drug-likeness (QED) is 0.789. The number of likely N-dealkylation sites (tertiary alicyclic amines) is 2. The Balaban J connectivity index is 1.53. The average molecular weight is 278 g/mol. The van der Waals surface area contributed by atoms with Gasteiger partial charge in [-0.25, -0.2) is 0 Å². The highest BCUT2D eigenvalue weighted by Gasteiger charge is 2.32. The Kier molecular flexibility index (Phi) is 4.98. The molecule has 2 heterocycles. The van der Waals surface area contributed by atoms with Gasteiger partial charge in [-0.1, -0.05) is 12.8 Å². The Morgan fingerprint density at radius 2 is 1.50 bits per heavy atom. The first-order valence-electron chi connectivity index (χ1n) is 8.87. The molecule has 1 aliphatic carbocycles. The molecule has 0 aromatic heterocycles. The summed E-state index contributed by atoms with van der Waals surface area (Å²) in [4.78, 5) is 17.6. The molecule has 2 saturated heterocycles. The number of carbonyl (C=O) groups is 1. The number of hydrogen-bond acceptors (Lipinski definition) is 2. The monoisotopic (exact) mass is 278 g/mol. The van der Waals surface area contributed by atoms with Gasteiger partial charge < -0.3 is 9.80 Å². The molecule has 20 heavy (non-hydrogen) atoms. The summed E-state index contributed by atoms with van der Waals surface area (Å²) in [6.07, 6.45) is 12.6. The lowest BCUT2D eigenvalue weighted by Crippen LogP contribution is -2.47. The lowest BCUT2D eigenvalue weighted by molar-refractivity contribution is -0.139. The number of piperidine rings is 1. The van der Waals surface area contributed by atoms with E-state index in [9.17, 15) is 4.79 Å². The molecular formula is C17H30N2O. The topological polar surface area (TPSA) is 23.6 Å². The molecule has 3 aliphatic rings. The van der Waals surface area contributed by atoms with Crippen LogP contribution in [0.4, 0.5) is 0 Å². The Bertz CT molecular complexity index is 319. The summed E-state index contributed by atoms with van der Waals surface area (Å²) in [6.45, 7) is 4.80. The molecule has 0 unspecified atom stereocenters. The van der Waals surface area contributed by atoms with Crippen LogP contribution in [0.15, 0.2) is 0 Å². The maximum atomic E-state index is 12.7. The van der Waals surface area contributed by atoms with E-state index in [-0.39, 0.29) is 0 Å². The van der Waals surface area contributed by atoms with Gasteiger partial charge in [0.25, 0.3) is 0 Å². The first kappa shape index (κ1) is 14.4. The van der Waals surface area contributed by atoms with Gasteiger partial charge in [-0.15, -0.1) is 0 Å². The Morgan fingerprint density at radius 1 is 0.850 bits per heavy atom. The van der Waals surface area contributed by atoms with Crippen LogP contribution in [-0.2, 0) is 4.79 Å². The first-order chi connectivity index (χ1) is 9.84. The predicted molar refractivity (Wildman–Crippen MR) is 81.6 cm³/mol. The second-order valence-electron chi connectivity index (χ2n) is 7.00. The SMILES string of the molecule is O=C(C1CCCC1)N1CCCC[C@H]1CCN1CCCC1. The lowest BCUT2D eigenvalue weighted by atomic mass is 9.96. The summed E-state index contributed by atoms with van der Waals surface area (Å²) < 4.78 is 0. The zero-order valence-corrected chi connectivity index (χ0v) is 12.9. The molecule has 114 valence electrons. The first-order valence-corrected chi connectivity index (χ1v) is 8.87.